The zero-order valence-electron chi connectivity index (χ0n) is 16.8. The third kappa shape index (κ3) is 4.03. The van der Waals surface area contributed by atoms with Crippen molar-refractivity contribution in [1.29, 1.82) is 0 Å². The van der Waals surface area contributed by atoms with E-state index in [1.165, 1.54) is 38.1 Å². The topological polar surface area (TPSA) is 120 Å². The van der Waals surface area contributed by atoms with Gasteiger partial charge in [0.1, 0.15) is 23.4 Å². The normalized spacial score (nSPS) is 13.1. The SMILES string of the molecule is CC(=O)OC(C)c1cc(C(C)OC(C)=O)c2oc3ccc(C(=O)O)cc3c(=O)c2c1. The van der Waals surface area contributed by atoms with E-state index in [1.807, 2.05) is 0 Å². The first-order valence-corrected chi connectivity index (χ1v) is 9.20. The van der Waals surface area contributed by atoms with Crippen LogP contribution in [0.5, 0.6) is 0 Å². The maximum absolute atomic E-state index is 13.2. The summed E-state index contributed by atoms with van der Waals surface area (Å²) in [7, 11) is 0. The Bertz CT molecular complexity index is 1240. The highest BCUT2D eigenvalue weighted by Crippen LogP contribution is 2.32. The second-order valence-corrected chi connectivity index (χ2v) is 6.94. The molecule has 0 saturated carbocycles. The molecule has 2 aromatic carbocycles. The van der Waals surface area contributed by atoms with Crippen LogP contribution in [0.25, 0.3) is 21.9 Å². The van der Waals surface area contributed by atoms with Crippen LogP contribution in [0.15, 0.2) is 39.5 Å². The molecule has 0 aliphatic rings. The van der Waals surface area contributed by atoms with Crippen molar-refractivity contribution in [3.05, 3.63) is 57.2 Å². The van der Waals surface area contributed by atoms with Gasteiger partial charge in [0, 0.05) is 19.4 Å². The summed E-state index contributed by atoms with van der Waals surface area (Å²) >= 11 is 0. The number of esters is 2. The summed E-state index contributed by atoms with van der Waals surface area (Å²) in [5.41, 5.74) is 0.859. The minimum Gasteiger partial charge on any atom is -0.478 e. The van der Waals surface area contributed by atoms with Crippen LogP contribution in [0, 0.1) is 0 Å². The van der Waals surface area contributed by atoms with Crippen LogP contribution in [-0.4, -0.2) is 23.0 Å². The van der Waals surface area contributed by atoms with Gasteiger partial charge in [-0.25, -0.2) is 4.79 Å². The van der Waals surface area contributed by atoms with Gasteiger partial charge in [0.15, 0.2) is 0 Å². The first kappa shape index (κ1) is 21.0. The Hall–Kier alpha value is -3.68. The van der Waals surface area contributed by atoms with E-state index in [2.05, 4.69) is 0 Å². The summed E-state index contributed by atoms with van der Waals surface area (Å²) in [5.74, 6) is -2.17. The van der Waals surface area contributed by atoms with Crippen molar-refractivity contribution < 1.29 is 33.4 Å². The van der Waals surface area contributed by atoms with Crippen LogP contribution in [0.2, 0.25) is 0 Å². The van der Waals surface area contributed by atoms with E-state index in [0.29, 0.717) is 11.1 Å². The highest BCUT2D eigenvalue weighted by molar-refractivity contribution is 5.96. The molecule has 0 aliphatic carbocycles. The second-order valence-electron chi connectivity index (χ2n) is 6.94. The molecule has 1 N–H and O–H groups in total. The number of hydrogen-bond donors (Lipinski definition) is 1. The lowest BCUT2D eigenvalue weighted by atomic mass is 9.98. The van der Waals surface area contributed by atoms with Gasteiger partial charge in [-0.3, -0.25) is 14.4 Å². The van der Waals surface area contributed by atoms with Crippen molar-refractivity contribution in [3.63, 3.8) is 0 Å². The van der Waals surface area contributed by atoms with E-state index in [0.717, 1.165) is 0 Å². The molecular weight excluding hydrogens is 392 g/mol. The predicted molar refractivity (Wildman–Crippen MR) is 107 cm³/mol. The second kappa shape index (κ2) is 7.98. The Morgan fingerprint density at radius 1 is 0.933 bits per heavy atom. The minimum atomic E-state index is -1.17. The number of carbonyl (C=O) groups excluding carboxylic acids is 2. The van der Waals surface area contributed by atoms with Crippen molar-refractivity contribution in [2.75, 3.05) is 0 Å². The van der Waals surface area contributed by atoms with Gasteiger partial charge in [-0.2, -0.15) is 0 Å². The van der Waals surface area contributed by atoms with Gasteiger partial charge in [-0.15, -0.1) is 0 Å². The van der Waals surface area contributed by atoms with Crippen LogP contribution in [0.4, 0.5) is 0 Å². The molecule has 0 saturated heterocycles. The molecule has 0 spiro atoms. The molecule has 0 radical (unpaired) electrons. The van der Waals surface area contributed by atoms with E-state index < -0.39 is 35.5 Å². The Kier molecular flexibility index (Phi) is 5.60. The molecule has 2 unspecified atom stereocenters. The number of carboxylic acid groups (broad SMARTS) is 1. The molecule has 0 fully saturated rings. The molecular formula is C22H20O8. The lowest BCUT2D eigenvalue weighted by Gasteiger charge is -2.18. The summed E-state index contributed by atoms with van der Waals surface area (Å²) in [6, 6.07) is 7.19. The fraction of sp³-hybridized carbons (Fsp3) is 0.273. The number of hydrogen-bond acceptors (Lipinski definition) is 7. The van der Waals surface area contributed by atoms with Gasteiger partial charge in [0.2, 0.25) is 5.43 Å². The fourth-order valence-corrected chi connectivity index (χ4v) is 3.31. The smallest absolute Gasteiger partial charge is 0.335 e. The van der Waals surface area contributed by atoms with Crippen LogP contribution < -0.4 is 5.43 Å². The van der Waals surface area contributed by atoms with Crippen LogP contribution in [0.3, 0.4) is 0 Å². The van der Waals surface area contributed by atoms with Crippen LogP contribution in [0.1, 0.15) is 61.4 Å². The number of rotatable bonds is 5. The molecule has 0 bridgehead atoms. The minimum absolute atomic E-state index is 0.0490. The molecule has 8 nitrogen and oxygen atoms in total. The zero-order chi connectivity index (χ0) is 22.2. The predicted octanol–water partition coefficient (Wildman–Crippen LogP) is 3.89. The van der Waals surface area contributed by atoms with E-state index in [1.54, 1.807) is 19.9 Å². The average Bonchev–Trinajstić information content (AvgIpc) is 2.66. The van der Waals surface area contributed by atoms with Crippen molar-refractivity contribution in [1.82, 2.24) is 0 Å². The molecule has 8 heteroatoms. The lowest BCUT2D eigenvalue weighted by Crippen LogP contribution is -2.12. The molecule has 30 heavy (non-hydrogen) atoms. The van der Waals surface area contributed by atoms with Gasteiger partial charge < -0.3 is 19.0 Å². The fourth-order valence-electron chi connectivity index (χ4n) is 3.31. The van der Waals surface area contributed by atoms with Crippen LogP contribution in [-0.2, 0) is 19.1 Å². The summed E-state index contributed by atoms with van der Waals surface area (Å²) in [4.78, 5) is 47.3. The molecule has 2 atom stereocenters. The van der Waals surface area contributed by atoms with Crippen molar-refractivity contribution in [2.24, 2.45) is 0 Å². The number of benzene rings is 2. The van der Waals surface area contributed by atoms with E-state index in [4.69, 9.17) is 13.9 Å². The molecule has 0 amide bonds. The molecule has 3 rings (SSSR count). The maximum atomic E-state index is 13.2. The van der Waals surface area contributed by atoms with Gasteiger partial charge >= 0.3 is 17.9 Å². The largest absolute Gasteiger partial charge is 0.478 e. The van der Waals surface area contributed by atoms with Gasteiger partial charge in [-0.1, -0.05) is 0 Å². The average molecular weight is 412 g/mol. The molecule has 3 aromatic rings. The van der Waals surface area contributed by atoms with E-state index in [-0.39, 0.29) is 27.5 Å². The van der Waals surface area contributed by atoms with Crippen molar-refractivity contribution in [3.8, 4) is 0 Å². The number of ether oxygens (including phenoxy) is 2. The standard InChI is InChI=1S/C22H20O8/c1-10(28-12(3)23)15-8-16(11(2)29-13(4)24)21-18(9-15)20(25)17-7-14(22(26)27)5-6-19(17)30-21/h5-11H,1-4H3,(H,26,27). The maximum Gasteiger partial charge on any atom is 0.335 e. The number of aromatic carboxylic acids is 1. The summed E-state index contributed by atoms with van der Waals surface area (Å²) < 4.78 is 16.4. The Morgan fingerprint density at radius 3 is 2.17 bits per heavy atom. The Labute approximate surface area is 171 Å². The molecule has 156 valence electrons. The van der Waals surface area contributed by atoms with E-state index >= 15 is 0 Å². The van der Waals surface area contributed by atoms with Crippen LogP contribution >= 0.6 is 0 Å². The van der Waals surface area contributed by atoms with Gasteiger partial charge in [-0.05, 0) is 49.7 Å². The monoisotopic (exact) mass is 412 g/mol. The van der Waals surface area contributed by atoms with Gasteiger partial charge in [0.05, 0.1) is 16.3 Å². The summed E-state index contributed by atoms with van der Waals surface area (Å²) in [6.45, 7) is 5.82. The highest BCUT2D eigenvalue weighted by atomic mass is 16.5. The first-order valence-electron chi connectivity index (χ1n) is 9.20. The first-order chi connectivity index (χ1) is 14.1. The van der Waals surface area contributed by atoms with Gasteiger partial charge in [0.25, 0.3) is 0 Å². The Balaban J connectivity index is 2.35. The highest BCUT2D eigenvalue weighted by Gasteiger charge is 2.22. The van der Waals surface area contributed by atoms with Crippen molar-refractivity contribution >= 4 is 39.8 Å². The number of carbonyl (C=O) groups is 3. The quantitative estimate of drug-likeness (QED) is 0.495. The molecule has 1 aromatic heterocycles. The van der Waals surface area contributed by atoms with E-state index in [9.17, 15) is 24.3 Å². The van der Waals surface area contributed by atoms with Crippen molar-refractivity contribution in [2.45, 2.75) is 39.9 Å². The zero-order valence-corrected chi connectivity index (χ0v) is 16.8. The summed E-state index contributed by atoms with van der Waals surface area (Å²) in [6.07, 6.45) is -1.41. The third-order valence-electron chi connectivity index (χ3n) is 4.66. The Morgan fingerprint density at radius 2 is 1.57 bits per heavy atom. The molecule has 1 heterocycles. The third-order valence-corrected chi connectivity index (χ3v) is 4.66. The number of carboxylic acids is 1. The molecule has 0 aliphatic heterocycles. The lowest BCUT2D eigenvalue weighted by molar-refractivity contribution is -0.146. The number of fused-ring (bicyclic) bond motifs is 2. The summed E-state index contributed by atoms with van der Waals surface area (Å²) in [5, 5.41) is 9.49.